The van der Waals surface area contributed by atoms with Gasteiger partial charge in [0.15, 0.2) is 6.10 Å². The van der Waals surface area contributed by atoms with Crippen LogP contribution >= 0.6 is 0 Å². The van der Waals surface area contributed by atoms with E-state index in [1.54, 1.807) is 115 Å². The predicted molar refractivity (Wildman–Crippen MR) is 336 cm³/mol. The molecule has 10 rings (SSSR count). The standard InChI is InChI=1S/C15H15NO5.2C9H9NO4.C9H9NO3.C9H7NO3.C7H5NO3.C6H6O/c17-10-14(18)15(21-13-4-2-1-3-5-13)11-6-8-12(9-7-11)16(19)20;2*11-5-8-9(14-8)6-1-3-7(4-2-6)10(12)13;2*11-7-1-2-8-3-5-9(6-4-8)10(12)13;9-5-6-1-3-7(4-2-6)8(10)11;7-6-4-2-1-3-5-6/h1-9,14-15,17-18H,10H2;2*1-4,8-9,11H,5H2;1-6,11H,7H2;1-7H;1-5H;1-5,7H/b;;;2*2-1-;;. The van der Waals surface area contributed by atoms with Crippen LogP contribution in [0.2, 0.25) is 0 Å². The quantitative estimate of drug-likeness (QED) is 0.0136. The number of nitro benzene ring substituents is 6. The van der Waals surface area contributed by atoms with E-state index in [2.05, 4.69) is 0 Å². The molecule has 484 valence electrons. The molecular formula is C64H60N6O23. The number of hydrogen-bond donors (Lipinski definition) is 6. The third-order valence-electron chi connectivity index (χ3n) is 12.4. The molecule has 2 aliphatic rings. The number of allylic oxidation sites excluding steroid dienone is 1. The number of nitrogens with zero attached hydrogens (tertiary/aromatic N) is 6. The number of rotatable bonds is 20. The Hall–Kier alpha value is -11.7. The van der Waals surface area contributed by atoms with E-state index in [0.29, 0.717) is 35.2 Å². The van der Waals surface area contributed by atoms with Crippen LogP contribution in [-0.2, 0) is 14.3 Å². The van der Waals surface area contributed by atoms with Gasteiger partial charge in [0.1, 0.15) is 54.6 Å². The molecule has 0 bridgehead atoms. The summed E-state index contributed by atoms with van der Waals surface area (Å²) >= 11 is 0. The van der Waals surface area contributed by atoms with Crippen LogP contribution in [0.5, 0.6) is 11.5 Å². The maximum Gasteiger partial charge on any atom is 0.269 e. The summed E-state index contributed by atoms with van der Waals surface area (Å²) in [6.07, 6.45) is 5.06. The molecule has 6 unspecified atom stereocenters. The van der Waals surface area contributed by atoms with Crippen molar-refractivity contribution >= 4 is 58.8 Å². The Morgan fingerprint density at radius 3 is 1.06 bits per heavy atom. The molecule has 2 aliphatic heterocycles. The van der Waals surface area contributed by atoms with Crippen molar-refractivity contribution in [2.45, 2.75) is 36.6 Å². The number of nitro groups is 6. The number of carbonyl (C=O) groups is 2. The molecule has 0 aliphatic carbocycles. The molecule has 2 heterocycles. The predicted octanol–water partition coefficient (Wildman–Crippen LogP) is 10.3. The average Bonchev–Trinajstić information content (AvgIpc) is 1.81. The Morgan fingerprint density at radius 1 is 0.441 bits per heavy atom. The number of phenols is 1. The normalized spacial score (nSPS) is 15.1. The number of hydrogen-bond acceptors (Lipinski definition) is 23. The molecule has 93 heavy (non-hydrogen) atoms. The lowest BCUT2D eigenvalue weighted by Gasteiger charge is -2.23. The smallest absolute Gasteiger partial charge is 0.269 e. The zero-order valence-electron chi connectivity index (χ0n) is 48.7. The summed E-state index contributed by atoms with van der Waals surface area (Å²) in [5.41, 5.74) is 4.52. The van der Waals surface area contributed by atoms with Gasteiger partial charge in [0.25, 0.3) is 34.1 Å². The fourth-order valence-corrected chi connectivity index (χ4v) is 7.47. The number of non-ortho nitro benzene ring substituents is 6. The summed E-state index contributed by atoms with van der Waals surface area (Å²) in [5.74, 6) is 0.857. The largest absolute Gasteiger partial charge is 0.508 e. The summed E-state index contributed by atoms with van der Waals surface area (Å²) in [7, 11) is 0. The number of aldehydes is 2. The van der Waals surface area contributed by atoms with E-state index < -0.39 is 48.4 Å². The second-order valence-corrected chi connectivity index (χ2v) is 18.8. The number of aliphatic hydroxyl groups excluding tert-OH is 5. The minimum atomic E-state index is -1.13. The van der Waals surface area contributed by atoms with Crippen molar-refractivity contribution in [2.24, 2.45) is 0 Å². The highest BCUT2D eigenvalue weighted by atomic mass is 16.7. The fourth-order valence-electron chi connectivity index (χ4n) is 7.47. The van der Waals surface area contributed by atoms with Crippen molar-refractivity contribution in [1.82, 2.24) is 0 Å². The molecular weight excluding hydrogens is 1220 g/mol. The monoisotopic (exact) mass is 1280 g/mol. The SMILES string of the molecule is O=C/C=C\c1ccc([N+](=O)[O-])cc1.O=Cc1ccc([N+](=O)[O-])cc1.O=[N+]([O-])c1ccc(/C=C\CO)cc1.O=[N+]([O-])c1ccc(C(Oc2ccccc2)C(O)CO)cc1.O=[N+]([O-])c1ccc(C2OC2CO)cc1.O=[N+]([O-])c1ccc(C2OC2CO)cc1.Oc1ccccc1. The molecule has 0 aromatic heterocycles. The topological polar surface area (TPSA) is 449 Å². The van der Waals surface area contributed by atoms with E-state index in [1.807, 2.05) is 12.1 Å². The average molecular weight is 1280 g/mol. The molecule has 0 radical (unpaired) electrons. The minimum Gasteiger partial charge on any atom is -0.508 e. The first-order chi connectivity index (χ1) is 44.7. The number of ether oxygens (including phenoxy) is 3. The molecule has 0 saturated carbocycles. The maximum absolute atomic E-state index is 10.6. The van der Waals surface area contributed by atoms with E-state index in [4.69, 9.17) is 39.7 Å². The molecule has 8 aromatic rings. The Labute approximate surface area is 528 Å². The number of epoxide rings is 2. The van der Waals surface area contributed by atoms with Crippen LogP contribution in [-0.4, -0.2) is 117 Å². The van der Waals surface area contributed by atoms with Crippen molar-refractivity contribution in [3.05, 3.63) is 312 Å². The molecule has 6 N–H and O–H groups in total. The first kappa shape index (κ1) is 73.8. The van der Waals surface area contributed by atoms with Gasteiger partial charge in [-0.25, -0.2) is 0 Å². The summed E-state index contributed by atoms with van der Waals surface area (Å²) in [6, 6.07) is 53.1. The van der Waals surface area contributed by atoms with Crippen molar-refractivity contribution < 1.29 is 84.0 Å². The molecule has 29 heteroatoms. The molecule has 0 amide bonds. The summed E-state index contributed by atoms with van der Waals surface area (Å²) in [5, 5.41) is 116. The molecule has 6 atom stereocenters. The van der Waals surface area contributed by atoms with E-state index in [-0.39, 0.29) is 78.4 Å². The second kappa shape index (κ2) is 39.3. The summed E-state index contributed by atoms with van der Waals surface area (Å²) in [4.78, 5) is 79.3. The summed E-state index contributed by atoms with van der Waals surface area (Å²) in [6.45, 7) is -0.533. The molecule has 2 fully saturated rings. The van der Waals surface area contributed by atoms with Crippen molar-refractivity contribution in [3.63, 3.8) is 0 Å². The Balaban J connectivity index is 0.000000235. The first-order valence-electron chi connectivity index (χ1n) is 27.2. The molecule has 8 aromatic carbocycles. The molecule has 0 spiro atoms. The molecule has 29 nitrogen and oxygen atoms in total. The van der Waals surface area contributed by atoms with Crippen LogP contribution in [0.3, 0.4) is 0 Å². The van der Waals surface area contributed by atoms with Crippen LogP contribution in [0.15, 0.2) is 218 Å². The van der Waals surface area contributed by atoms with Crippen LogP contribution in [0.1, 0.15) is 56.5 Å². The lowest BCUT2D eigenvalue weighted by molar-refractivity contribution is -0.385. The first-order valence-corrected chi connectivity index (χ1v) is 27.2. The Bertz CT molecular complexity index is 3630. The lowest BCUT2D eigenvalue weighted by atomic mass is 10.0. The highest BCUT2D eigenvalue weighted by Crippen LogP contribution is 2.39. The summed E-state index contributed by atoms with van der Waals surface area (Å²) < 4.78 is 15.9. The third-order valence-corrected chi connectivity index (χ3v) is 12.4. The van der Waals surface area contributed by atoms with Gasteiger partial charge in [-0.15, -0.1) is 0 Å². The number of carbonyl (C=O) groups excluding carboxylic acids is 2. The van der Waals surface area contributed by atoms with Crippen LogP contribution < -0.4 is 4.74 Å². The highest BCUT2D eigenvalue weighted by Gasteiger charge is 2.40. The van der Waals surface area contributed by atoms with Gasteiger partial charge >= 0.3 is 0 Å². The van der Waals surface area contributed by atoms with E-state index in [1.165, 1.54) is 103 Å². The van der Waals surface area contributed by atoms with Crippen molar-refractivity contribution in [3.8, 4) is 11.5 Å². The van der Waals surface area contributed by atoms with E-state index in [0.717, 1.165) is 22.3 Å². The zero-order chi connectivity index (χ0) is 68.2. The van der Waals surface area contributed by atoms with Gasteiger partial charge in [0.2, 0.25) is 0 Å². The van der Waals surface area contributed by atoms with Gasteiger partial charge in [0, 0.05) is 78.4 Å². The number of para-hydroxylation sites is 2. The number of aliphatic hydroxyl groups is 5. The van der Waals surface area contributed by atoms with Gasteiger partial charge in [-0.1, -0.05) is 54.6 Å². The van der Waals surface area contributed by atoms with Gasteiger partial charge in [0.05, 0.1) is 56.0 Å². The Kier molecular flexibility index (Phi) is 31.2. The van der Waals surface area contributed by atoms with Crippen LogP contribution in [0.25, 0.3) is 12.2 Å². The fraction of sp³-hybridized carbons (Fsp3) is 0.156. The van der Waals surface area contributed by atoms with Gasteiger partial charge in [-0.3, -0.25) is 70.3 Å². The maximum atomic E-state index is 10.6. The zero-order valence-corrected chi connectivity index (χ0v) is 48.7. The van der Waals surface area contributed by atoms with Gasteiger partial charge in [-0.05, 0) is 131 Å². The number of aromatic hydroxyl groups is 1. The second-order valence-electron chi connectivity index (χ2n) is 18.8. The van der Waals surface area contributed by atoms with Gasteiger partial charge < -0.3 is 44.8 Å². The van der Waals surface area contributed by atoms with Gasteiger partial charge in [-0.2, -0.15) is 0 Å². The van der Waals surface area contributed by atoms with Crippen LogP contribution in [0.4, 0.5) is 34.1 Å². The number of benzene rings is 8. The van der Waals surface area contributed by atoms with E-state index in [9.17, 15) is 75.4 Å². The van der Waals surface area contributed by atoms with Crippen LogP contribution in [0, 0.1) is 60.7 Å². The van der Waals surface area contributed by atoms with Crippen molar-refractivity contribution in [2.75, 3.05) is 26.4 Å². The lowest BCUT2D eigenvalue weighted by Crippen LogP contribution is -2.27. The highest BCUT2D eigenvalue weighted by molar-refractivity contribution is 5.75. The van der Waals surface area contributed by atoms with Crippen molar-refractivity contribution in [1.29, 1.82) is 0 Å². The Morgan fingerprint density at radius 2 is 0.774 bits per heavy atom. The number of phenolic OH excluding ortho intramolecular Hbond substituents is 1. The molecule has 2 saturated heterocycles. The minimum absolute atomic E-state index is 0.00407. The van der Waals surface area contributed by atoms with E-state index >= 15 is 0 Å². The third kappa shape index (κ3) is 26.5.